The Kier molecular flexibility index (Phi) is 4.22. The molecule has 0 bridgehead atoms. The summed E-state index contributed by atoms with van der Waals surface area (Å²) in [5, 5.41) is 1.51. The van der Waals surface area contributed by atoms with Crippen molar-refractivity contribution in [2.75, 3.05) is 5.75 Å². The second-order valence-electron chi connectivity index (χ2n) is 3.77. The standard InChI is InChI=1S/C12H14ClNS2/c1-3-10-7-15-12(16-10)14-11-5-4-9(13)6-8(11)2/h4-6,10H,3,7H2,1-2H3. The van der Waals surface area contributed by atoms with Gasteiger partial charge < -0.3 is 0 Å². The summed E-state index contributed by atoms with van der Waals surface area (Å²) in [5.74, 6) is 1.19. The van der Waals surface area contributed by atoms with E-state index in [4.69, 9.17) is 11.6 Å². The van der Waals surface area contributed by atoms with E-state index in [9.17, 15) is 0 Å². The van der Waals surface area contributed by atoms with Crippen molar-refractivity contribution < 1.29 is 0 Å². The topological polar surface area (TPSA) is 12.4 Å². The fourth-order valence-electron chi connectivity index (χ4n) is 1.48. The average Bonchev–Trinajstić information content (AvgIpc) is 2.70. The largest absolute Gasteiger partial charge is 0.235 e. The van der Waals surface area contributed by atoms with Crippen molar-refractivity contribution in [1.82, 2.24) is 0 Å². The van der Waals surface area contributed by atoms with Crippen LogP contribution in [0.25, 0.3) is 0 Å². The highest BCUT2D eigenvalue weighted by Crippen LogP contribution is 2.37. The van der Waals surface area contributed by atoms with Crippen molar-refractivity contribution in [3.05, 3.63) is 28.8 Å². The Labute approximate surface area is 110 Å². The fraction of sp³-hybridized carbons (Fsp3) is 0.417. The lowest BCUT2D eigenvalue weighted by molar-refractivity contribution is 0.926. The van der Waals surface area contributed by atoms with Crippen molar-refractivity contribution >= 4 is 45.2 Å². The van der Waals surface area contributed by atoms with Crippen LogP contribution in [0.2, 0.25) is 5.02 Å². The minimum Gasteiger partial charge on any atom is -0.235 e. The van der Waals surface area contributed by atoms with Crippen molar-refractivity contribution in [3.63, 3.8) is 0 Å². The molecule has 1 unspecified atom stereocenters. The first-order valence-electron chi connectivity index (χ1n) is 5.33. The summed E-state index contributed by atoms with van der Waals surface area (Å²) in [6.45, 7) is 4.28. The Balaban J connectivity index is 2.17. The minimum absolute atomic E-state index is 0.733. The molecule has 1 heterocycles. The predicted octanol–water partition coefficient (Wildman–Crippen LogP) is 4.89. The predicted molar refractivity (Wildman–Crippen MR) is 77.4 cm³/mol. The smallest absolute Gasteiger partial charge is 0.130 e. The minimum atomic E-state index is 0.733. The van der Waals surface area contributed by atoms with Crippen LogP contribution in [0.5, 0.6) is 0 Å². The number of aliphatic imine (C=N–C) groups is 1. The van der Waals surface area contributed by atoms with E-state index in [-0.39, 0.29) is 0 Å². The molecule has 1 aromatic carbocycles. The molecule has 0 aliphatic carbocycles. The molecule has 0 spiro atoms. The SMILES string of the molecule is CCC1CSC(=Nc2ccc(Cl)cc2C)S1. The molecule has 86 valence electrons. The first-order chi connectivity index (χ1) is 7.69. The van der Waals surface area contributed by atoms with Crippen LogP contribution in [0.3, 0.4) is 0 Å². The van der Waals surface area contributed by atoms with Crippen molar-refractivity contribution in [2.24, 2.45) is 4.99 Å². The van der Waals surface area contributed by atoms with E-state index < -0.39 is 0 Å². The molecule has 0 saturated carbocycles. The van der Waals surface area contributed by atoms with Crippen molar-refractivity contribution in [2.45, 2.75) is 25.5 Å². The first kappa shape index (κ1) is 12.3. The summed E-state index contributed by atoms with van der Waals surface area (Å²) < 4.78 is 1.19. The molecular weight excluding hydrogens is 258 g/mol. The number of rotatable bonds is 2. The van der Waals surface area contributed by atoms with E-state index in [0.717, 1.165) is 21.5 Å². The molecule has 0 amide bonds. The first-order valence-corrected chi connectivity index (χ1v) is 7.57. The molecule has 4 heteroatoms. The van der Waals surface area contributed by atoms with E-state index >= 15 is 0 Å². The van der Waals surface area contributed by atoms with Crippen LogP contribution in [-0.2, 0) is 0 Å². The van der Waals surface area contributed by atoms with Gasteiger partial charge in [-0.2, -0.15) is 0 Å². The van der Waals surface area contributed by atoms with Crippen LogP contribution in [-0.4, -0.2) is 15.4 Å². The molecule has 1 nitrogen and oxygen atoms in total. The second kappa shape index (κ2) is 5.48. The van der Waals surface area contributed by atoms with Crippen LogP contribution in [0, 0.1) is 6.92 Å². The van der Waals surface area contributed by atoms with Crippen LogP contribution >= 0.6 is 35.1 Å². The quantitative estimate of drug-likeness (QED) is 0.759. The molecule has 0 aromatic heterocycles. The van der Waals surface area contributed by atoms with E-state index in [2.05, 4.69) is 11.9 Å². The summed E-state index contributed by atoms with van der Waals surface area (Å²) in [4.78, 5) is 4.68. The number of benzene rings is 1. The fourth-order valence-corrected chi connectivity index (χ4v) is 4.39. The number of nitrogens with zero attached hydrogens (tertiary/aromatic N) is 1. The van der Waals surface area contributed by atoms with Crippen molar-refractivity contribution in [3.8, 4) is 0 Å². The van der Waals surface area contributed by atoms with Gasteiger partial charge in [-0.05, 0) is 37.1 Å². The van der Waals surface area contributed by atoms with Gasteiger partial charge in [0.05, 0.1) is 5.69 Å². The molecular formula is C12H14ClNS2. The summed E-state index contributed by atoms with van der Waals surface area (Å²) in [6.07, 6.45) is 1.22. The number of hydrogen-bond donors (Lipinski definition) is 0. The molecule has 1 fully saturated rings. The zero-order valence-corrected chi connectivity index (χ0v) is 11.8. The van der Waals surface area contributed by atoms with Gasteiger partial charge in [-0.15, -0.1) is 0 Å². The zero-order chi connectivity index (χ0) is 11.5. The van der Waals surface area contributed by atoms with Gasteiger partial charge in [0.2, 0.25) is 0 Å². The maximum absolute atomic E-state index is 5.92. The maximum atomic E-state index is 5.92. The Bertz CT molecular complexity index is 417. The third-order valence-corrected chi connectivity index (χ3v) is 5.61. The molecule has 1 aliphatic heterocycles. The number of thioether (sulfide) groups is 2. The second-order valence-corrected chi connectivity index (χ2v) is 6.76. The third kappa shape index (κ3) is 2.96. The lowest BCUT2D eigenvalue weighted by atomic mass is 10.2. The maximum Gasteiger partial charge on any atom is 0.130 e. The highest BCUT2D eigenvalue weighted by atomic mass is 35.5. The van der Waals surface area contributed by atoms with Gasteiger partial charge in [-0.25, -0.2) is 4.99 Å². The number of aryl methyl sites for hydroxylation is 1. The number of hydrogen-bond acceptors (Lipinski definition) is 3. The van der Waals surface area contributed by atoms with Crippen LogP contribution in [0.15, 0.2) is 23.2 Å². The molecule has 16 heavy (non-hydrogen) atoms. The normalized spacial score (nSPS) is 22.9. The molecule has 2 rings (SSSR count). The van der Waals surface area contributed by atoms with Gasteiger partial charge >= 0.3 is 0 Å². The lowest BCUT2D eigenvalue weighted by Crippen LogP contribution is -1.96. The lowest BCUT2D eigenvalue weighted by Gasteiger charge is -2.02. The van der Waals surface area contributed by atoms with Gasteiger partial charge in [-0.3, -0.25) is 0 Å². The molecule has 0 N–H and O–H groups in total. The summed E-state index contributed by atoms with van der Waals surface area (Å²) in [5.41, 5.74) is 2.18. The average molecular weight is 272 g/mol. The molecule has 1 saturated heterocycles. The highest BCUT2D eigenvalue weighted by molar-refractivity contribution is 8.41. The van der Waals surface area contributed by atoms with Crippen LogP contribution in [0.1, 0.15) is 18.9 Å². The van der Waals surface area contributed by atoms with E-state index in [1.54, 1.807) is 0 Å². The summed E-state index contributed by atoms with van der Waals surface area (Å²) in [6, 6.07) is 5.85. The highest BCUT2D eigenvalue weighted by Gasteiger charge is 2.20. The van der Waals surface area contributed by atoms with Gasteiger partial charge in [0.1, 0.15) is 4.38 Å². The Morgan fingerprint density at radius 1 is 1.50 bits per heavy atom. The van der Waals surface area contributed by atoms with E-state index in [1.807, 2.05) is 48.6 Å². The van der Waals surface area contributed by atoms with Gasteiger partial charge in [0.15, 0.2) is 0 Å². The van der Waals surface area contributed by atoms with Gasteiger partial charge in [-0.1, -0.05) is 42.0 Å². The Morgan fingerprint density at radius 3 is 2.94 bits per heavy atom. The molecule has 1 atom stereocenters. The van der Waals surface area contributed by atoms with Gasteiger partial charge in [0, 0.05) is 16.0 Å². The van der Waals surface area contributed by atoms with Crippen molar-refractivity contribution in [1.29, 1.82) is 0 Å². The van der Waals surface area contributed by atoms with Crippen LogP contribution < -0.4 is 0 Å². The van der Waals surface area contributed by atoms with Crippen LogP contribution in [0.4, 0.5) is 5.69 Å². The molecule has 0 radical (unpaired) electrons. The van der Waals surface area contributed by atoms with E-state index in [1.165, 1.54) is 16.5 Å². The number of halogens is 1. The Hall–Kier alpha value is -0.120. The van der Waals surface area contributed by atoms with E-state index in [0.29, 0.717) is 0 Å². The zero-order valence-electron chi connectivity index (χ0n) is 9.37. The third-order valence-electron chi connectivity index (χ3n) is 2.49. The summed E-state index contributed by atoms with van der Waals surface area (Å²) >= 11 is 9.68. The summed E-state index contributed by atoms with van der Waals surface area (Å²) in [7, 11) is 0. The molecule has 1 aromatic rings. The monoisotopic (exact) mass is 271 g/mol. The Morgan fingerprint density at radius 2 is 2.31 bits per heavy atom. The molecule has 1 aliphatic rings. The van der Waals surface area contributed by atoms with Gasteiger partial charge in [0.25, 0.3) is 0 Å².